The Hall–Kier alpha value is -3.06. The summed E-state index contributed by atoms with van der Waals surface area (Å²) in [7, 11) is 1.55. The van der Waals surface area contributed by atoms with Gasteiger partial charge in [0.15, 0.2) is 0 Å². The molecule has 0 aromatic heterocycles. The fourth-order valence-corrected chi connectivity index (χ4v) is 2.06. The molecule has 0 bridgehead atoms. The quantitative estimate of drug-likeness (QED) is 0.690. The summed E-state index contributed by atoms with van der Waals surface area (Å²) in [6, 6.07) is 17.0. The number of carbonyl (C=O) groups is 1. The zero-order chi connectivity index (χ0) is 15.9. The molecule has 0 aliphatic rings. The second-order valence-electron chi connectivity index (χ2n) is 4.67. The van der Waals surface area contributed by atoms with Gasteiger partial charge in [-0.2, -0.15) is 5.26 Å². The Morgan fingerprint density at radius 2 is 1.95 bits per heavy atom. The molecule has 2 aromatic carbocycles. The van der Waals surface area contributed by atoms with E-state index in [4.69, 9.17) is 4.74 Å². The number of methoxy groups -OCH3 is 1. The zero-order valence-electron chi connectivity index (χ0n) is 12.5. The van der Waals surface area contributed by atoms with E-state index in [0.29, 0.717) is 17.0 Å². The zero-order valence-corrected chi connectivity index (χ0v) is 12.5. The van der Waals surface area contributed by atoms with Gasteiger partial charge in [-0.25, -0.2) is 0 Å². The number of ether oxygens (including phenoxy) is 1. The first-order chi connectivity index (χ1) is 10.6. The van der Waals surface area contributed by atoms with Crippen molar-refractivity contribution in [3.63, 3.8) is 0 Å². The predicted octanol–water partition coefficient (Wildman–Crippen LogP) is 3.72. The van der Waals surface area contributed by atoms with Gasteiger partial charge in [-0.1, -0.05) is 30.3 Å². The number of nitriles is 1. The summed E-state index contributed by atoms with van der Waals surface area (Å²) in [4.78, 5) is 11.1. The van der Waals surface area contributed by atoms with Crippen LogP contribution in [0.4, 0.5) is 5.69 Å². The third kappa shape index (κ3) is 3.74. The van der Waals surface area contributed by atoms with Gasteiger partial charge in [0.1, 0.15) is 5.75 Å². The normalized spacial score (nSPS) is 10.7. The van der Waals surface area contributed by atoms with E-state index in [1.165, 1.54) is 6.92 Å². The van der Waals surface area contributed by atoms with Gasteiger partial charge in [0.05, 0.1) is 18.8 Å². The lowest BCUT2D eigenvalue weighted by Gasteiger charge is -2.09. The number of amides is 1. The predicted molar refractivity (Wildman–Crippen MR) is 87.2 cm³/mol. The monoisotopic (exact) mass is 292 g/mol. The molecular formula is C18H16N2O2. The maximum Gasteiger partial charge on any atom is 0.221 e. The molecule has 0 saturated heterocycles. The van der Waals surface area contributed by atoms with Crippen molar-refractivity contribution in [1.82, 2.24) is 0 Å². The van der Waals surface area contributed by atoms with E-state index in [0.717, 1.165) is 11.1 Å². The Kier molecular flexibility index (Phi) is 4.94. The summed E-state index contributed by atoms with van der Waals surface area (Å²) in [6.45, 7) is 1.45. The Labute approximate surface area is 129 Å². The van der Waals surface area contributed by atoms with Crippen molar-refractivity contribution < 1.29 is 9.53 Å². The summed E-state index contributed by atoms with van der Waals surface area (Å²) in [5.41, 5.74) is 2.82. The van der Waals surface area contributed by atoms with E-state index in [9.17, 15) is 10.1 Å². The number of carbonyl (C=O) groups excluding carboxylic acids is 1. The number of anilines is 1. The molecule has 0 saturated carbocycles. The maximum atomic E-state index is 11.1. The van der Waals surface area contributed by atoms with E-state index < -0.39 is 0 Å². The molecule has 0 aliphatic carbocycles. The largest absolute Gasteiger partial charge is 0.496 e. The van der Waals surface area contributed by atoms with Crippen molar-refractivity contribution in [3.05, 3.63) is 59.7 Å². The highest BCUT2D eigenvalue weighted by molar-refractivity contribution is 5.92. The molecule has 0 radical (unpaired) electrons. The second-order valence-corrected chi connectivity index (χ2v) is 4.67. The van der Waals surface area contributed by atoms with Gasteiger partial charge in [-0.15, -0.1) is 0 Å². The van der Waals surface area contributed by atoms with Crippen molar-refractivity contribution in [2.24, 2.45) is 0 Å². The lowest BCUT2D eigenvalue weighted by Crippen LogP contribution is -2.05. The molecule has 1 N–H and O–H groups in total. The third-order valence-corrected chi connectivity index (χ3v) is 3.06. The molecule has 0 aliphatic heterocycles. The smallest absolute Gasteiger partial charge is 0.221 e. The third-order valence-electron chi connectivity index (χ3n) is 3.06. The number of hydrogen-bond acceptors (Lipinski definition) is 3. The van der Waals surface area contributed by atoms with Crippen molar-refractivity contribution in [1.29, 1.82) is 5.26 Å². The van der Waals surface area contributed by atoms with Crippen LogP contribution in [0.3, 0.4) is 0 Å². The highest BCUT2D eigenvalue weighted by atomic mass is 16.5. The SMILES string of the molecule is COc1cc(NC(C)=O)ccc1/C=C(/C#N)c1ccccc1. The summed E-state index contributed by atoms with van der Waals surface area (Å²) in [5.74, 6) is 0.447. The molecule has 2 aromatic rings. The van der Waals surface area contributed by atoms with Gasteiger partial charge < -0.3 is 10.1 Å². The van der Waals surface area contributed by atoms with Crippen molar-refractivity contribution >= 4 is 23.2 Å². The van der Waals surface area contributed by atoms with Gasteiger partial charge in [0.2, 0.25) is 5.91 Å². The van der Waals surface area contributed by atoms with Crippen LogP contribution in [0, 0.1) is 11.3 Å². The Morgan fingerprint density at radius 3 is 2.55 bits per heavy atom. The van der Waals surface area contributed by atoms with E-state index in [2.05, 4.69) is 11.4 Å². The average molecular weight is 292 g/mol. The van der Waals surface area contributed by atoms with E-state index in [1.54, 1.807) is 25.3 Å². The molecule has 4 nitrogen and oxygen atoms in total. The highest BCUT2D eigenvalue weighted by Crippen LogP contribution is 2.27. The molecule has 110 valence electrons. The minimum atomic E-state index is -0.146. The van der Waals surface area contributed by atoms with Crippen LogP contribution in [-0.2, 0) is 4.79 Å². The van der Waals surface area contributed by atoms with Crippen LogP contribution in [0.25, 0.3) is 11.6 Å². The molecule has 22 heavy (non-hydrogen) atoms. The van der Waals surface area contributed by atoms with Crippen LogP contribution in [-0.4, -0.2) is 13.0 Å². The average Bonchev–Trinajstić information content (AvgIpc) is 2.53. The van der Waals surface area contributed by atoms with Gasteiger partial charge in [0, 0.05) is 24.2 Å². The van der Waals surface area contributed by atoms with Crippen LogP contribution >= 0.6 is 0 Å². The number of allylic oxidation sites excluding steroid dienone is 1. The minimum Gasteiger partial charge on any atom is -0.496 e. The second kappa shape index (κ2) is 7.09. The molecule has 2 rings (SSSR count). The molecule has 0 spiro atoms. The van der Waals surface area contributed by atoms with E-state index >= 15 is 0 Å². The lowest BCUT2D eigenvalue weighted by atomic mass is 10.0. The number of hydrogen-bond donors (Lipinski definition) is 1. The lowest BCUT2D eigenvalue weighted by molar-refractivity contribution is -0.114. The number of nitrogens with zero attached hydrogens (tertiary/aromatic N) is 1. The highest BCUT2D eigenvalue weighted by Gasteiger charge is 2.06. The van der Waals surface area contributed by atoms with Gasteiger partial charge in [-0.05, 0) is 23.8 Å². The fraction of sp³-hybridized carbons (Fsp3) is 0.111. The van der Waals surface area contributed by atoms with Crippen LogP contribution in [0.1, 0.15) is 18.1 Å². The molecular weight excluding hydrogens is 276 g/mol. The number of rotatable bonds is 4. The van der Waals surface area contributed by atoms with Crippen LogP contribution in [0.2, 0.25) is 0 Å². The standard InChI is InChI=1S/C18H16N2O2/c1-13(21)20-17-9-8-15(18(11-17)22-2)10-16(12-19)14-6-4-3-5-7-14/h3-11H,1-2H3,(H,20,21)/b16-10-. The molecule has 0 unspecified atom stereocenters. The molecule has 0 fully saturated rings. The Balaban J connectivity index is 2.41. The number of nitrogens with one attached hydrogen (secondary N) is 1. The summed E-state index contributed by atoms with van der Waals surface area (Å²) < 4.78 is 5.34. The van der Waals surface area contributed by atoms with Crippen molar-refractivity contribution in [2.75, 3.05) is 12.4 Å². The minimum absolute atomic E-state index is 0.146. The summed E-state index contributed by atoms with van der Waals surface area (Å²) in [5, 5.41) is 12.1. The molecule has 4 heteroatoms. The summed E-state index contributed by atoms with van der Waals surface area (Å²) >= 11 is 0. The first-order valence-electron chi connectivity index (χ1n) is 6.77. The van der Waals surface area contributed by atoms with Gasteiger partial charge in [-0.3, -0.25) is 4.79 Å². The molecule has 0 heterocycles. The first kappa shape index (κ1) is 15.3. The molecule has 0 atom stereocenters. The van der Waals surface area contributed by atoms with Crippen LogP contribution in [0.5, 0.6) is 5.75 Å². The summed E-state index contributed by atoms with van der Waals surface area (Å²) in [6.07, 6.45) is 1.77. The van der Waals surface area contributed by atoms with Crippen molar-refractivity contribution in [3.8, 4) is 11.8 Å². The van der Waals surface area contributed by atoms with Gasteiger partial charge in [0.25, 0.3) is 0 Å². The van der Waals surface area contributed by atoms with Gasteiger partial charge >= 0.3 is 0 Å². The fourth-order valence-electron chi connectivity index (χ4n) is 2.06. The Bertz CT molecular complexity index is 743. The van der Waals surface area contributed by atoms with Crippen LogP contribution < -0.4 is 10.1 Å². The van der Waals surface area contributed by atoms with Crippen LogP contribution in [0.15, 0.2) is 48.5 Å². The number of benzene rings is 2. The topological polar surface area (TPSA) is 62.1 Å². The van der Waals surface area contributed by atoms with Crippen molar-refractivity contribution in [2.45, 2.75) is 6.92 Å². The first-order valence-corrected chi connectivity index (χ1v) is 6.77. The van der Waals surface area contributed by atoms with E-state index in [-0.39, 0.29) is 5.91 Å². The van der Waals surface area contributed by atoms with E-state index in [1.807, 2.05) is 36.4 Å². The molecule has 1 amide bonds. The maximum absolute atomic E-state index is 11.1. The Morgan fingerprint density at radius 1 is 1.23 bits per heavy atom.